The van der Waals surface area contributed by atoms with Gasteiger partial charge in [-0.2, -0.15) is 0 Å². The van der Waals surface area contributed by atoms with E-state index < -0.39 is 5.97 Å². The number of alkyl halides is 1. The molecular formula is C15H13ClN2O3. The maximum atomic E-state index is 11.8. The van der Waals surface area contributed by atoms with E-state index in [4.69, 9.17) is 16.3 Å². The van der Waals surface area contributed by atoms with Crippen LogP contribution in [0.4, 0.5) is 11.5 Å². The molecule has 1 heterocycles. The van der Waals surface area contributed by atoms with Crippen LogP contribution in [0.15, 0.2) is 42.6 Å². The maximum Gasteiger partial charge on any atom is 0.341 e. The van der Waals surface area contributed by atoms with E-state index in [1.165, 1.54) is 7.11 Å². The standard InChI is InChI=1S/C15H13ClN2O3/c1-21-15(20)11-6-4-8-17-14(11)18-12-7-3-2-5-10(12)13(19)9-16/h2-8H,9H2,1H3,(H,17,18). The minimum Gasteiger partial charge on any atom is -0.465 e. The summed E-state index contributed by atoms with van der Waals surface area (Å²) in [7, 11) is 1.30. The predicted octanol–water partition coefficient (Wildman–Crippen LogP) is 3.03. The van der Waals surface area contributed by atoms with Crippen LogP contribution >= 0.6 is 11.6 Å². The van der Waals surface area contributed by atoms with E-state index >= 15 is 0 Å². The number of aromatic nitrogens is 1. The second-order valence-corrected chi connectivity index (χ2v) is 4.39. The van der Waals surface area contributed by atoms with Crippen molar-refractivity contribution in [3.05, 3.63) is 53.7 Å². The molecule has 0 atom stereocenters. The molecule has 0 radical (unpaired) electrons. The van der Waals surface area contributed by atoms with Crippen molar-refractivity contribution < 1.29 is 14.3 Å². The normalized spacial score (nSPS) is 10.0. The van der Waals surface area contributed by atoms with E-state index in [0.29, 0.717) is 17.1 Å². The number of halogens is 1. The molecule has 0 unspecified atom stereocenters. The van der Waals surface area contributed by atoms with Gasteiger partial charge in [-0.1, -0.05) is 12.1 Å². The molecule has 0 aliphatic carbocycles. The number of nitrogens with zero attached hydrogens (tertiary/aromatic N) is 1. The Hall–Kier alpha value is -2.40. The second-order valence-electron chi connectivity index (χ2n) is 4.12. The van der Waals surface area contributed by atoms with Gasteiger partial charge in [-0.25, -0.2) is 9.78 Å². The number of carbonyl (C=O) groups is 2. The van der Waals surface area contributed by atoms with Crippen molar-refractivity contribution in [2.45, 2.75) is 0 Å². The molecule has 0 aliphatic rings. The molecule has 21 heavy (non-hydrogen) atoms. The number of carbonyl (C=O) groups excluding carboxylic acids is 2. The van der Waals surface area contributed by atoms with E-state index in [0.717, 1.165) is 0 Å². The fourth-order valence-corrected chi connectivity index (χ4v) is 1.96. The van der Waals surface area contributed by atoms with Gasteiger partial charge in [-0.15, -0.1) is 11.6 Å². The first-order valence-corrected chi connectivity index (χ1v) is 6.69. The van der Waals surface area contributed by atoms with Crippen LogP contribution in [0.5, 0.6) is 0 Å². The molecule has 5 nitrogen and oxygen atoms in total. The van der Waals surface area contributed by atoms with Gasteiger partial charge in [0.25, 0.3) is 0 Å². The molecule has 0 fully saturated rings. The van der Waals surface area contributed by atoms with Crippen LogP contribution in [0.3, 0.4) is 0 Å². The molecule has 0 spiro atoms. The number of rotatable bonds is 5. The third-order valence-electron chi connectivity index (χ3n) is 2.81. The molecule has 0 aliphatic heterocycles. The summed E-state index contributed by atoms with van der Waals surface area (Å²) in [6, 6.07) is 10.1. The Bertz CT molecular complexity index is 616. The molecule has 2 aromatic rings. The molecule has 6 heteroatoms. The summed E-state index contributed by atoms with van der Waals surface area (Å²) in [5.74, 6) is -0.522. The van der Waals surface area contributed by atoms with Crippen molar-refractivity contribution in [3.8, 4) is 0 Å². The summed E-state index contributed by atoms with van der Waals surface area (Å²) in [6.07, 6.45) is 1.54. The van der Waals surface area contributed by atoms with E-state index in [1.807, 2.05) is 0 Å². The van der Waals surface area contributed by atoms with Crippen LogP contribution in [0, 0.1) is 0 Å². The highest BCUT2D eigenvalue weighted by Gasteiger charge is 2.15. The van der Waals surface area contributed by atoms with Crippen LogP contribution in [0.1, 0.15) is 20.7 Å². The van der Waals surface area contributed by atoms with Crippen LogP contribution in [0.25, 0.3) is 0 Å². The van der Waals surface area contributed by atoms with Gasteiger partial charge in [-0.3, -0.25) is 4.79 Å². The van der Waals surface area contributed by atoms with Gasteiger partial charge in [0.15, 0.2) is 5.78 Å². The molecule has 108 valence electrons. The number of ketones is 1. The molecule has 1 aromatic carbocycles. The monoisotopic (exact) mass is 304 g/mol. The summed E-state index contributed by atoms with van der Waals surface area (Å²) >= 11 is 5.60. The Kier molecular flexibility index (Phi) is 4.90. The highest BCUT2D eigenvalue weighted by molar-refractivity contribution is 6.31. The molecule has 0 amide bonds. The van der Waals surface area contributed by atoms with E-state index in [2.05, 4.69) is 10.3 Å². The number of anilines is 2. The maximum absolute atomic E-state index is 11.8. The number of para-hydroxylation sites is 1. The summed E-state index contributed by atoms with van der Waals surface area (Å²) in [5.41, 5.74) is 1.26. The topological polar surface area (TPSA) is 68.3 Å². The van der Waals surface area contributed by atoms with Crippen molar-refractivity contribution >= 4 is 34.9 Å². The van der Waals surface area contributed by atoms with Gasteiger partial charge < -0.3 is 10.1 Å². The van der Waals surface area contributed by atoms with Crippen molar-refractivity contribution in [3.63, 3.8) is 0 Å². The fourth-order valence-electron chi connectivity index (χ4n) is 1.81. The van der Waals surface area contributed by atoms with E-state index in [-0.39, 0.29) is 17.2 Å². The molecule has 0 saturated heterocycles. The number of hydrogen-bond acceptors (Lipinski definition) is 5. The molecule has 1 aromatic heterocycles. The summed E-state index contributed by atoms with van der Waals surface area (Å²) in [6.45, 7) is 0. The molecule has 0 saturated carbocycles. The summed E-state index contributed by atoms with van der Waals surface area (Å²) in [4.78, 5) is 27.6. The van der Waals surface area contributed by atoms with Crippen LogP contribution < -0.4 is 5.32 Å². The van der Waals surface area contributed by atoms with Crippen LogP contribution in [-0.4, -0.2) is 29.7 Å². The largest absolute Gasteiger partial charge is 0.465 e. The SMILES string of the molecule is COC(=O)c1cccnc1Nc1ccccc1C(=O)CCl. The lowest BCUT2D eigenvalue weighted by Gasteiger charge is -2.12. The van der Waals surface area contributed by atoms with Gasteiger partial charge in [0, 0.05) is 11.8 Å². The van der Waals surface area contributed by atoms with Crippen molar-refractivity contribution in [2.24, 2.45) is 0 Å². The molecule has 0 bridgehead atoms. The third kappa shape index (κ3) is 3.38. The average molecular weight is 305 g/mol. The van der Waals surface area contributed by atoms with Gasteiger partial charge in [0.05, 0.1) is 18.7 Å². The Morgan fingerprint density at radius 3 is 2.62 bits per heavy atom. The third-order valence-corrected chi connectivity index (χ3v) is 3.06. The van der Waals surface area contributed by atoms with Gasteiger partial charge >= 0.3 is 5.97 Å². The smallest absolute Gasteiger partial charge is 0.341 e. The second kappa shape index (κ2) is 6.85. The number of Topliss-reactive ketones (excluding diaryl/α,β-unsaturated/α-hetero) is 1. The van der Waals surface area contributed by atoms with Gasteiger partial charge in [0.2, 0.25) is 0 Å². The lowest BCUT2D eigenvalue weighted by atomic mass is 10.1. The number of benzene rings is 1. The molecule has 2 rings (SSSR count). The van der Waals surface area contributed by atoms with Crippen molar-refractivity contribution in [2.75, 3.05) is 18.3 Å². The minimum atomic E-state index is -0.508. The Morgan fingerprint density at radius 2 is 1.90 bits per heavy atom. The first kappa shape index (κ1) is 15.0. The number of hydrogen-bond donors (Lipinski definition) is 1. The first-order chi connectivity index (χ1) is 10.2. The number of nitrogens with one attached hydrogen (secondary N) is 1. The number of ether oxygens (including phenoxy) is 1. The van der Waals surface area contributed by atoms with Gasteiger partial charge in [-0.05, 0) is 24.3 Å². The van der Waals surface area contributed by atoms with Crippen LogP contribution in [-0.2, 0) is 4.74 Å². The lowest BCUT2D eigenvalue weighted by molar-refractivity contribution is 0.0601. The van der Waals surface area contributed by atoms with E-state index in [9.17, 15) is 9.59 Å². The quantitative estimate of drug-likeness (QED) is 0.522. The minimum absolute atomic E-state index is 0.120. The van der Waals surface area contributed by atoms with Crippen LogP contribution in [0.2, 0.25) is 0 Å². The van der Waals surface area contributed by atoms with Crippen molar-refractivity contribution in [1.82, 2.24) is 4.98 Å². The highest BCUT2D eigenvalue weighted by Crippen LogP contribution is 2.23. The molecular weight excluding hydrogens is 292 g/mol. The van der Waals surface area contributed by atoms with Crippen molar-refractivity contribution in [1.29, 1.82) is 0 Å². The predicted molar refractivity (Wildman–Crippen MR) is 80.4 cm³/mol. The zero-order valence-corrected chi connectivity index (χ0v) is 12.1. The Morgan fingerprint density at radius 1 is 1.19 bits per heavy atom. The molecule has 1 N–H and O–H groups in total. The summed E-state index contributed by atoms with van der Waals surface area (Å²) < 4.78 is 4.71. The number of methoxy groups -OCH3 is 1. The number of pyridine rings is 1. The number of esters is 1. The Balaban J connectivity index is 2.40. The lowest BCUT2D eigenvalue weighted by Crippen LogP contribution is -2.10. The Labute approximate surface area is 126 Å². The zero-order chi connectivity index (χ0) is 15.2. The zero-order valence-electron chi connectivity index (χ0n) is 11.3. The summed E-state index contributed by atoms with van der Waals surface area (Å²) in [5, 5.41) is 2.98. The fraction of sp³-hybridized carbons (Fsp3) is 0.133. The van der Waals surface area contributed by atoms with Gasteiger partial charge in [0.1, 0.15) is 11.4 Å². The van der Waals surface area contributed by atoms with E-state index in [1.54, 1.807) is 42.6 Å². The average Bonchev–Trinajstić information content (AvgIpc) is 2.54. The first-order valence-electron chi connectivity index (χ1n) is 6.16. The highest BCUT2D eigenvalue weighted by atomic mass is 35.5.